The lowest BCUT2D eigenvalue weighted by Crippen LogP contribution is -2.46. The van der Waals surface area contributed by atoms with Crippen LogP contribution in [0.4, 0.5) is 0 Å². The number of aromatic nitrogens is 1. The molecule has 0 saturated heterocycles. The number of nitrogens with zero attached hydrogens (tertiary/aromatic N) is 2. The molecular weight excluding hydrogens is 304 g/mol. The zero-order chi connectivity index (χ0) is 16.6. The minimum atomic E-state index is -0.796. The highest BCUT2D eigenvalue weighted by Gasteiger charge is 2.30. The van der Waals surface area contributed by atoms with Gasteiger partial charge in [0.2, 0.25) is 6.41 Å². The van der Waals surface area contributed by atoms with E-state index in [2.05, 4.69) is 4.98 Å². The lowest BCUT2D eigenvalue weighted by molar-refractivity contribution is -0.232. The number of ether oxygens (including phenoxy) is 1. The number of thioether (sulfide) groups is 1. The van der Waals surface area contributed by atoms with Crippen LogP contribution >= 0.6 is 11.8 Å². The normalized spacial score (nSPS) is 12.5. The molecule has 0 fully saturated rings. The van der Waals surface area contributed by atoms with Crippen LogP contribution in [0.3, 0.4) is 0 Å². The molecule has 0 saturated carbocycles. The molecule has 0 bridgehead atoms. The number of rotatable bonds is 8. The number of carbonyl (C=O) groups excluding carboxylic acids is 2. The molecule has 0 radical (unpaired) electrons. The molecule has 0 aromatic carbocycles. The third-order valence-corrected chi connectivity index (χ3v) is 3.57. The predicted molar refractivity (Wildman–Crippen MR) is 84.9 cm³/mol. The molecule has 1 heterocycles. The first kappa shape index (κ1) is 18.4. The van der Waals surface area contributed by atoms with Crippen LogP contribution in [0.1, 0.15) is 26.5 Å². The fourth-order valence-corrected chi connectivity index (χ4v) is 2.62. The maximum atomic E-state index is 11.9. The molecule has 1 aromatic rings. The highest BCUT2D eigenvalue weighted by molar-refractivity contribution is 7.98. The average molecular weight is 326 g/mol. The summed E-state index contributed by atoms with van der Waals surface area (Å²) in [5, 5.41) is 1.03. The molecule has 6 nitrogen and oxygen atoms in total. The highest BCUT2D eigenvalue weighted by atomic mass is 32.2. The van der Waals surface area contributed by atoms with Gasteiger partial charge < -0.3 is 4.74 Å². The largest absolute Gasteiger partial charge is 0.467 e. The Morgan fingerprint density at radius 1 is 1.45 bits per heavy atom. The van der Waals surface area contributed by atoms with Gasteiger partial charge in [-0.15, -0.1) is 0 Å². The van der Waals surface area contributed by atoms with Gasteiger partial charge in [0, 0.05) is 17.7 Å². The summed E-state index contributed by atoms with van der Waals surface area (Å²) in [4.78, 5) is 32.9. The number of hydroxylamine groups is 2. The molecule has 1 atom stereocenters. The van der Waals surface area contributed by atoms with Crippen molar-refractivity contribution in [2.75, 3.05) is 12.9 Å². The second-order valence-electron chi connectivity index (χ2n) is 5.54. The maximum Gasteiger partial charge on any atom is 0.332 e. The molecule has 0 unspecified atom stereocenters. The van der Waals surface area contributed by atoms with Crippen LogP contribution in [0.25, 0.3) is 0 Å². The van der Waals surface area contributed by atoms with Gasteiger partial charge in [-0.1, -0.05) is 6.07 Å². The van der Waals surface area contributed by atoms with E-state index in [9.17, 15) is 9.59 Å². The maximum absolute atomic E-state index is 11.9. The summed E-state index contributed by atoms with van der Waals surface area (Å²) in [5.41, 5.74) is 0.323. The van der Waals surface area contributed by atoms with Gasteiger partial charge in [0.05, 0.1) is 18.4 Å². The first-order chi connectivity index (χ1) is 10.4. The van der Waals surface area contributed by atoms with Crippen molar-refractivity contribution in [2.24, 2.45) is 0 Å². The lowest BCUT2D eigenvalue weighted by atomic mass is 10.2. The van der Waals surface area contributed by atoms with Crippen molar-refractivity contribution in [3.8, 4) is 0 Å². The molecule has 1 aromatic heterocycles. The molecule has 0 aliphatic rings. The fourth-order valence-electron chi connectivity index (χ4n) is 1.61. The number of carbonyl (C=O) groups is 2. The van der Waals surface area contributed by atoms with E-state index in [1.165, 1.54) is 18.9 Å². The van der Waals surface area contributed by atoms with E-state index in [1.54, 1.807) is 27.0 Å². The number of hydrogen-bond acceptors (Lipinski definition) is 6. The van der Waals surface area contributed by atoms with E-state index < -0.39 is 17.6 Å². The van der Waals surface area contributed by atoms with Gasteiger partial charge in [0.25, 0.3) is 0 Å². The van der Waals surface area contributed by atoms with Crippen molar-refractivity contribution in [2.45, 2.75) is 38.2 Å². The summed E-state index contributed by atoms with van der Waals surface area (Å²) in [7, 11) is 1.29. The van der Waals surface area contributed by atoms with Gasteiger partial charge in [-0.2, -0.15) is 11.8 Å². The summed E-state index contributed by atoms with van der Waals surface area (Å²) in [6.07, 6.45) is 2.22. The minimum absolute atomic E-state index is 0.359. The van der Waals surface area contributed by atoms with E-state index in [4.69, 9.17) is 9.57 Å². The van der Waals surface area contributed by atoms with Crippen molar-refractivity contribution in [1.82, 2.24) is 10.0 Å². The van der Waals surface area contributed by atoms with E-state index in [0.717, 1.165) is 10.8 Å². The predicted octanol–water partition coefficient (Wildman–Crippen LogP) is 2.04. The van der Waals surface area contributed by atoms with E-state index in [1.807, 2.05) is 18.2 Å². The first-order valence-electron chi connectivity index (χ1n) is 6.85. The molecule has 0 N–H and O–H groups in total. The van der Waals surface area contributed by atoms with Crippen LogP contribution in [0.5, 0.6) is 0 Å². The summed E-state index contributed by atoms with van der Waals surface area (Å²) in [5.74, 6) is 0.485. The van der Waals surface area contributed by atoms with Crippen LogP contribution in [-0.4, -0.2) is 46.9 Å². The molecule has 7 heteroatoms. The van der Waals surface area contributed by atoms with Crippen molar-refractivity contribution in [1.29, 1.82) is 0 Å². The van der Waals surface area contributed by atoms with Gasteiger partial charge in [-0.3, -0.25) is 14.6 Å². The average Bonchev–Trinajstić information content (AvgIpc) is 2.49. The standard InChI is InChI=1S/C15H22N2O4S/c1-15(2,3)21-17(11-18)13(14(19)20-4)10-22-9-12-7-5-6-8-16-12/h5-8,11,13H,9-10H2,1-4H3/t13-/m0/s1. The summed E-state index contributed by atoms with van der Waals surface area (Å²) >= 11 is 1.48. The van der Waals surface area contributed by atoms with Crippen molar-refractivity contribution >= 4 is 24.1 Å². The topological polar surface area (TPSA) is 68.7 Å². The Hall–Kier alpha value is -1.60. The molecule has 122 valence electrons. The van der Waals surface area contributed by atoms with E-state index in [0.29, 0.717) is 17.9 Å². The summed E-state index contributed by atoms with van der Waals surface area (Å²) in [6, 6.07) is 4.86. The first-order valence-corrected chi connectivity index (χ1v) is 8.01. The third kappa shape index (κ3) is 6.44. The van der Waals surface area contributed by atoms with Gasteiger partial charge in [-0.25, -0.2) is 9.86 Å². The molecular formula is C15H22N2O4S. The monoisotopic (exact) mass is 326 g/mol. The van der Waals surface area contributed by atoms with Crippen LogP contribution < -0.4 is 0 Å². The third-order valence-electron chi connectivity index (χ3n) is 2.52. The number of amides is 1. The molecule has 0 spiro atoms. The molecule has 1 rings (SSSR count). The van der Waals surface area contributed by atoms with Crippen molar-refractivity contribution < 1.29 is 19.2 Å². The van der Waals surface area contributed by atoms with Gasteiger partial charge in [0.15, 0.2) is 6.04 Å². The number of esters is 1. The number of methoxy groups -OCH3 is 1. The lowest BCUT2D eigenvalue weighted by Gasteiger charge is -2.31. The fraction of sp³-hybridized carbons (Fsp3) is 0.533. The number of pyridine rings is 1. The van der Waals surface area contributed by atoms with Crippen LogP contribution in [0, 0.1) is 0 Å². The Labute approximate surface area is 135 Å². The Bertz CT molecular complexity index is 476. The molecule has 1 amide bonds. The Morgan fingerprint density at radius 3 is 2.68 bits per heavy atom. The SMILES string of the molecule is COC(=O)[C@H](CSCc1ccccn1)N(C=O)OC(C)(C)C. The minimum Gasteiger partial charge on any atom is -0.467 e. The Morgan fingerprint density at radius 2 is 2.18 bits per heavy atom. The summed E-state index contributed by atoms with van der Waals surface area (Å²) < 4.78 is 4.76. The zero-order valence-corrected chi connectivity index (χ0v) is 14.1. The van der Waals surface area contributed by atoms with Crippen molar-refractivity contribution in [3.05, 3.63) is 30.1 Å². The molecule has 0 aliphatic carbocycles. The smallest absolute Gasteiger partial charge is 0.332 e. The summed E-state index contributed by atoms with van der Waals surface area (Å²) in [6.45, 7) is 5.41. The van der Waals surface area contributed by atoms with Crippen LogP contribution in [-0.2, 0) is 24.9 Å². The van der Waals surface area contributed by atoms with E-state index in [-0.39, 0.29) is 0 Å². The van der Waals surface area contributed by atoms with E-state index >= 15 is 0 Å². The van der Waals surface area contributed by atoms with Crippen LogP contribution in [0.15, 0.2) is 24.4 Å². The second-order valence-corrected chi connectivity index (χ2v) is 6.57. The van der Waals surface area contributed by atoms with Crippen molar-refractivity contribution in [3.63, 3.8) is 0 Å². The molecule has 0 aliphatic heterocycles. The van der Waals surface area contributed by atoms with Gasteiger partial charge in [-0.05, 0) is 32.9 Å². The quantitative estimate of drug-likeness (QED) is 0.414. The Kier molecular flexibility index (Phi) is 7.34. The van der Waals surface area contributed by atoms with Gasteiger partial charge in [0.1, 0.15) is 0 Å². The highest BCUT2D eigenvalue weighted by Crippen LogP contribution is 2.18. The zero-order valence-electron chi connectivity index (χ0n) is 13.3. The molecule has 22 heavy (non-hydrogen) atoms. The number of hydrogen-bond donors (Lipinski definition) is 0. The van der Waals surface area contributed by atoms with Gasteiger partial charge >= 0.3 is 5.97 Å². The second kappa shape index (κ2) is 8.75. The Balaban J connectivity index is 2.67. The van der Waals surface area contributed by atoms with Crippen LogP contribution in [0.2, 0.25) is 0 Å².